The number of benzene rings is 1. The Labute approximate surface area is 133 Å². The summed E-state index contributed by atoms with van der Waals surface area (Å²) in [5, 5.41) is 3.40. The van der Waals surface area contributed by atoms with E-state index in [0.717, 1.165) is 5.52 Å². The van der Waals surface area contributed by atoms with Crippen molar-refractivity contribution in [3.05, 3.63) is 53.4 Å². The Morgan fingerprint density at radius 1 is 1.27 bits per heavy atom. The maximum Gasteiger partial charge on any atom is 0.251 e. The lowest BCUT2D eigenvalue weighted by Gasteiger charge is -2.11. The molecule has 0 aliphatic rings. The standard InChI is InChI=1S/C16H15ClN4O/c1-10(2)20-16(22)11-5-6-12(17)14(8-11)21-9-19-13-4-3-7-18-15(13)21/h3-10H,1-2H3,(H,20,22). The highest BCUT2D eigenvalue weighted by Gasteiger charge is 2.13. The van der Waals surface area contributed by atoms with Crippen molar-refractivity contribution in [2.75, 3.05) is 0 Å². The summed E-state index contributed by atoms with van der Waals surface area (Å²) < 4.78 is 1.78. The average molecular weight is 315 g/mol. The fraction of sp³-hybridized carbons (Fsp3) is 0.188. The molecule has 0 spiro atoms. The van der Waals surface area contributed by atoms with E-state index in [4.69, 9.17) is 11.6 Å². The van der Waals surface area contributed by atoms with Crippen LogP contribution in [0.4, 0.5) is 0 Å². The lowest BCUT2D eigenvalue weighted by Crippen LogP contribution is -2.30. The molecule has 0 unspecified atom stereocenters. The number of hydrogen-bond acceptors (Lipinski definition) is 3. The van der Waals surface area contributed by atoms with Crippen LogP contribution in [0.25, 0.3) is 16.9 Å². The van der Waals surface area contributed by atoms with E-state index in [9.17, 15) is 4.79 Å². The molecule has 22 heavy (non-hydrogen) atoms. The van der Waals surface area contributed by atoms with E-state index < -0.39 is 0 Å². The number of carbonyl (C=O) groups excluding carboxylic acids is 1. The lowest BCUT2D eigenvalue weighted by molar-refractivity contribution is 0.0943. The molecule has 0 atom stereocenters. The number of halogens is 1. The number of amides is 1. The molecule has 2 aromatic heterocycles. The van der Waals surface area contributed by atoms with Crippen molar-refractivity contribution in [3.63, 3.8) is 0 Å². The number of hydrogen-bond donors (Lipinski definition) is 1. The lowest BCUT2D eigenvalue weighted by atomic mass is 10.1. The van der Waals surface area contributed by atoms with Gasteiger partial charge in [-0.15, -0.1) is 0 Å². The van der Waals surface area contributed by atoms with Crippen LogP contribution < -0.4 is 5.32 Å². The number of rotatable bonds is 3. The number of aromatic nitrogens is 3. The first-order chi connectivity index (χ1) is 10.6. The van der Waals surface area contributed by atoms with Crippen LogP contribution in [0.3, 0.4) is 0 Å². The van der Waals surface area contributed by atoms with Gasteiger partial charge in [-0.3, -0.25) is 9.36 Å². The van der Waals surface area contributed by atoms with Crippen LogP contribution in [-0.2, 0) is 0 Å². The third kappa shape index (κ3) is 2.67. The van der Waals surface area contributed by atoms with E-state index in [1.807, 2.05) is 26.0 Å². The first-order valence-electron chi connectivity index (χ1n) is 6.95. The minimum atomic E-state index is -0.134. The van der Waals surface area contributed by atoms with Gasteiger partial charge in [0.05, 0.1) is 10.7 Å². The summed E-state index contributed by atoms with van der Waals surface area (Å²) in [5.41, 5.74) is 2.70. The van der Waals surface area contributed by atoms with Gasteiger partial charge in [-0.05, 0) is 44.2 Å². The predicted octanol–water partition coefficient (Wildman–Crippen LogP) is 3.21. The summed E-state index contributed by atoms with van der Waals surface area (Å²) in [6, 6.07) is 8.94. The zero-order valence-corrected chi connectivity index (χ0v) is 13.0. The number of carbonyl (C=O) groups is 1. The van der Waals surface area contributed by atoms with E-state index in [1.165, 1.54) is 0 Å². The fourth-order valence-electron chi connectivity index (χ4n) is 2.21. The zero-order valence-electron chi connectivity index (χ0n) is 12.2. The largest absolute Gasteiger partial charge is 0.350 e. The molecule has 3 aromatic rings. The summed E-state index contributed by atoms with van der Waals surface area (Å²) in [5.74, 6) is -0.134. The summed E-state index contributed by atoms with van der Waals surface area (Å²) in [6.45, 7) is 3.84. The highest BCUT2D eigenvalue weighted by atomic mass is 35.5. The fourth-order valence-corrected chi connectivity index (χ4v) is 2.42. The molecule has 0 aliphatic carbocycles. The van der Waals surface area contributed by atoms with Crippen LogP contribution in [-0.4, -0.2) is 26.5 Å². The second kappa shape index (κ2) is 5.77. The van der Waals surface area contributed by atoms with E-state index >= 15 is 0 Å². The molecule has 5 nitrogen and oxygen atoms in total. The van der Waals surface area contributed by atoms with Crippen molar-refractivity contribution < 1.29 is 4.79 Å². The van der Waals surface area contributed by atoms with Crippen LogP contribution in [0.2, 0.25) is 5.02 Å². The highest BCUT2D eigenvalue weighted by Crippen LogP contribution is 2.25. The van der Waals surface area contributed by atoms with Gasteiger partial charge in [-0.1, -0.05) is 11.6 Å². The minimum Gasteiger partial charge on any atom is -0.350 e. The van der Waals surface area contributed by atoms with Gasteiger partial charge >= 0.3 is 0 Å². The molecular formula is C16H15ClN4O. The van der Waals surface area contributed by atoms with Crippen molar-refractivity contribution in [1.82, 2.24) is 19.9 Å². The molecule has 1 amide bonds. The number of nitrogens with one attached hydrogen (secondary N) is 1. The van der Waals surface area contributed by atoms with Gasteiger partial charge in [-0.25, -0.2) is 9.97 Å². The predicted molar refractivity (Wildman–Crippen MR) is 86.5 cm³/mol. The van der Waals surface area contributed by atoms with Gasteiger partial charge in [0.15, 0.2) is 5.65 Å². The van der Waals surface area contributed by atoms with Gasteiger partial charge in [0, 0.05) is 17.8 Å². The monoisotopic (exact) mass is 314 g/mol. The Morgan fingerprint density at radius 2 is 2.09 bits per heavy atom. The molecule has 1 aromatic carbocycles. The molecule has 0 fully saturated rings. The first-order valence-corrected chi connectivity index (χ1v) is 7.33. The normalized spacial score (nSPS) is 11.1. The molecule has 112 valence electrons. The number of imidazole rings is 1. The third-order valence-electron chi connectivity index (χ3n) is 3.19. The van der Waals surface area contributed by atoms with Crippen molar-refractivity contribution in [3.8, 4) is 5.69 Å². The smallest absolute Gasteiger partial charge is 0.251 e. The molecule has 6 heteroatoms. The van der Waals surface area contributed by atoms with Gasteiger partial charge in [-0.2, -0.15) is 0 Å². The molecule has 1 N–H and O–H groups in total. The molecule has 0 saturated carbocycles. The molecule has 3 rings (SSSR count). The Balaban J connectivity index is 2.09. The van der Waals surface area contributed by atoms with Crippen LogP contribution in [0.15, 0.2) is 42.9 Å². The van der Waals surface area contributed by atoms with Gasteiger partial charge in [0.1, 0.15) is 11.8 Å². The van der Waals surface area contributed by atoms with Crippen LogP contribution >= 0.6 is 11.6 Å². The van der Waals surface area contributed by atoms with E-state index in [2.05, 4.69) is 15.3 Å². The zero-order chi connectivity index (χ0) is 15.7. The Morgan fingerprint density at radius 3 is 2.86 bits per heavy atom. The summed E-state index contributed by atoms with van der Waals surface area (Å²) in [6.07, 6.45) is 3.35. The van der Waals surface area contributed by atoms with E-state index in [1.54, 1.807) is 35.3 Å². The Bertz CT molecular complexity index is 841. The highest BCUT2D eigenvalue weighted by molar-refractivity contribution is 6.32. The topological polar surface area (TPSA) is 59.8 Å². The molecule has 2 heterocycles. The average Bonchev–Trinajstić information content (AvgIpc) is 2.91. The van der Waals surface area contributed by atoms with Crippen LogP contribution in [0.5, 0.6) is 0 Å². The maximum absolute atomic E-state index is 12.2. The van der Waals surface area contributed by atoms with Crippen molar-refractivity contribution in [1.29, 1.82) is 0 Å². The Hall–Kier alpha value is -2.40. The quantitative estimate of drug-likeness (QED) is 0.807. The molecule has 0 bridgehead atoms. The maximum atomic E-state index is 12.2. The number of pyridine rings is 1. The second-order valence-electron chi connectivity index (χ2n) is 5.26. The molecule has 0 radical (unpaired) electrons. The molecule has 0 aliphatic heterocycles. The van der Waals surface area contributed by atoms with Crippen LogP contribution in [0, 0.1) is 0 Å². The van der Waals surface area contributed by atoms with E-state index in [0.29, 0.717) is 21.9 Å². The summed E-state index contributed by atoms with van der Waals surface area (Å²) >= 11 is 6.29. The number of nitrogens with zero attached hydrogens (tertiary/aromatic N) is 3. The van der Waals surface area contributed by atoms with Gasteiger partial charge in [0.25, 0.3) is 5.91 Å². The SMILES string of the molecule is CC(C)NC(=O)c1ccc(Cl)c(-n2cnc3cccnc32)c1. The number of fused-ring (bicyclic) bond motifs is 1. The second-order valence-corrected chi connectivity index (χ2v) is 5.66. The van der Waals surface area contributed by atoms with Crippen molar-refractivity contribution in [2.45, 2.75) is 19.9 Å². The third-order valence-corrected chi connectivity index (χ3v) is 3.51. The minimum absolute atomic E-state index is 0.0716. The van der Waals surface area contributed by atoms with Crippen LogP contribution in [0.1, 0.15) is 24.2 Å². The molecule has 0 saturated heterocycles. The molecular weight excluding hydrogens is 300 g/mol. The Kier molecular flexibility index (Phi) is 3.81. The van der Waals surface area contributed by atoms with Crippen molar-refractivity contribution >= 4 is 28.7 Å². The van der Waals surface area contributed by atoms with E-state index in [-0.39, 0.29) is 11.9 Å². The van der Waals surface area contributed by atoms with Gasteiger partial charge < -0.3 is 5.32 Å². The van der Waals surface area contributed by atoms with Gasteiger partial charge in [0.2, 0.25) is 0 Å². The first kappa shape index (κ1) is 14.5. The summed E-state index contributed by atoms with van der Waals surface area (Å²) in [4.78, 5) is 20.8. The summed E-state index contributed by atoms with van der Waals surface area (Å²) in [7, 11) is 0. The van der Waals surface area contributed by atoms with Crippen molar-refractivity contribution in [2.24, 2.45) is 0 Å².